The van der Waals surface area contributed by atoms with E-state index in [0.717, 1.165) is 34.0 Å². The molecule has 2 aliphatic heterocycles. The molecular formula is C31H30FN3O3. The van der Waals surface area contributed by atoms with Crippen LogP contribution in [0.4, 0.5) is 26.2 Å². The number of hydrogen-bond acceptors (Lipinski definition) is 4. The molecule has 3 aromatic carbocycles. The molecular weight excluding hydrogens is 481 g/mol. The summed E-state index contributed by atoms with van der Waals surface area (Å²) in [6.45, 7) is 9.17. The average Bonchev–Trinajstić information content (AvgIpc) is 2.88. The molecule has 2 aliphatic rings. The number of barbiturate groups is 1. The number of benzene rings is 3. The van der Waals surface area contributed by atoms with Crippen LogP contribution in [0.25, 0.3) is 6.08 Å². The van der Waals surface area contributed by atoms with Crippen LogP contribution >= 0.6 is 0 Å². The summed E-state index contributed by atoms with van der Waals surface area (Å²) >= 11 is 0. The molecule has 0 N–H and O–H groups in total. The van der Waals surface area contributed by atoms with Crippen LogP contribution in [-0.2, 0) is 9.59 Å². The molecule has 0 aromatic heterocycles. The number of urea groups is 1. The Hall–Kier alpha value is -4.26. The Balaban J connectivity index is 1.66. The lowest BCUT2D eigenvalue weighted by molar-refractivity contribution is -0.121. The van der Waals surface area contributed by atoms with E-state index < -0.39 is 23.7 Å². The van der Waals surface area contributed by atoms with Crippen LogP contribution in [0.15, 0.2) is 78.4 Å². The smallest absolute Gasteiger partial charge is 0.343 e. The van der Waals surface area contributed by atoms with Crippen molar-refractivity contribution in [3.8, 4) is 0 Å². The van der Waals surface area contributed by atoms with Crippen molar-refractivity contribution >= 4 is 41.0 Å². The van der Waals surface area contributed by atoms with Gasteiger partial charge in [0, 0.05) is 23.3 Å². The van der Waals surface area contributed by atoms with Crippen molar-refractivity contribution in [3.63, 3.8) is 0 Å². The number of imide groups is 2. The van der Waals surface area contributed by atoms with Gasteiger partial charge < -0.3 is 4.90 Å². The van der Waals surface area contributed by atoms with Gasteiger partial charge in [0.05, 0.1) is 11.4 Å². The van der Waals surface area contributed by atoms with Crippen molar-refractivity contribution < 1.29 is 18.8 Å². The van der Waals surface area contributed by atoms with E-state index in [-0.39, 0.29) is 22.6 Å². The first kappa shape index (κ1) is 25.4. The maximum Gasteiger partial charge on any atom is 0.343 e. The highest BCUT2D eigenvalue weighted by molar-refractivity contribution is 6.46. The third kappa shape index (κ3) is 4.18. The fraction of sp³-hybridized carbons (Fsp3) is 0.258. The van der Waals surface area contributed by atoms with Crippen molar-refractivity contribution in [2.24, 2.45) is 0 Å². The molecule has 0 bridgehead atoms. The summed E-state index contributed by atoms with van der Waals surface area (Å²) in [5.74, 6) is -1.96. The number of amides is 4. The number of carbonyl (C=O) groups is 3. The summed E-state index contributed by atoms with van der Waals surface area (Å²) < 4.78 is 15.6. The van der Waals surface area contributed by atoms with Crippen molar-refractivity contribution in [2.75, 3.05) is 21.2 Å². The third-order valence-electron chi connectivity index (χ3n) is 7.40. The van der Waals surface area contributed by atoms with Crippen LogP contribution in [-0.4, -0.2) is 29.9 Å². The normalized spacial score (nSPS) is 19.1. The molecule has 7 heteroatoms. The van der Waals surface area contributed by atoms with Gasteiger partial charge in [-0.25, -0.2) is 19.0 Å². The summed E-state index contributed by atoms with van der Waals surface area (Å²) in [6.07, 6.45) is 2.16. The molecule has 1 unspecified atom stereocenters. The monoisotopic (exact) mass is 511 g/mol. The molecule has 194 valence electrons. The maximum atomic E-state index is 15.6. The molecule has 0 spiro atoms. The number of nitrogens with zero attached hydrogens (tertiary/aromatic N) is 3. The summed E-state index contributed by atoms with van der Waals surface area (Å²) in [4.78, 5) is 44.9. The molecule has 1 atom stereocenters. The number of halogens is 1. The lowest BCUT2D eigenvalue weighted by Crippen LogP contribution is -2.57. The first-order chi connectivity index (χ1) is 18.1. The number of rotatable bonds is 4. The fourth-order valence-corrected chi connectivity index (χ4v) is 5.72. The molecule has 0 saturated carbocycles. The third-order valence-corrected chi connectivity index (χ3v) is 7.40. The van der Waals surface area contributed by atoms with E-state index in [0.29, 0.717) is 11.4 Å². The fourth-order valence-electron chi connectivity index (χ4n) is 5.72. The molecule has 5 rings (SSSR count). The highest BCUT2D eigenvalue weighted by atomic mass is 19.1. The van der Waals surface area contributed by atoms with Crippen LogP contribution in [0.2, 0.25) is 0 Å². The van der Waals surface area contributed by atoms with E-state index in [1.807, 2.05) is 6.92 Å². The van der Waals surface area contributed by atoms with Gasteiger partial charge in [-0.05, 0) is 81.1 Å². The molecule has 0 aliphatic carbocycles. The van der Waals surface area contributed by atoms with E-state index in [1.165, 1.54) is 12.1 Å². The predicted molar refractivity (Wildman–Crippen MR) is 148 cm³/mol. The first-order valence-electron chi connectivity index (χ1n) is 12.8. The van der Waals surface area contributed by atoms with Crippen LogP contribution in [0.1, 0.15) is 51.2 Å². The average molecular weight is 512 g/mol. The maximum absolute atomic E-state index is 15.6. The molecule has 1 saturated heterocycles. The molecule has 0 radical (unpaired) electrons. The Morgan fingerprint density at radius 1 is 0.895 bits per heavy atom. The van der Waals surface area contributed by atoms with Crippen LogP contribution in [0, 0.1) is 5.82 Å². The second-order valence-electron chi connectivity index (χ2n) is 10.4. The van der Waals surface area contributed by atoms with Crippen molar-refractivity contribution in [2.45, 2.75) is 45.6 Å². The quantitative estimate of drug-likeness (QED) is 0.296. The molecule has 4 amide bonds. The van der Waals surface area contributed by atoms with E-state index in [2.05, 4.69) is 25.7 Å². The highest BCUT2D eigenvalue weighted by Gasteiger charge is 2.44. The summed E-state index contributed by atoms with van der Waals surface area (Å²) in [7, 11) is 0. The molecule has 3 aromatic rings. The van der Waals surface area contributed by atoms with Gasteiger partial charge in [0.1, 0.15) is 11.4 Å². The zero-order chi connectivity index (χ0) is 27.2. The Bertz CT molecular complexity index is 1390. The van der Waals surface area contributed by atoms with E-state index in [1.54, 1.807) is 66.7 Å². The van der Waals surface area contributed by atoms with Gasteiger partial charge in [-0.2, -0.15) is 0 Å². The second kappa shape index (κ2) is 9.56. The van der Waals surface area contributed by atoms with Crippen molar-refractivity contribution in [1.29, 1.82) is 0 Å². The van der Waals surface area contributed by atoms with Gasteiger partial charge in [-0.1, -0.05) is 43.3 Å². The Kier molecular flexibility index (Phi) is 6.39. The van der Waals surface area contributed by atoms with Gasteiger partial charge in [-0.3, -0.25) is 9.59 Å². The van der Waals surface area contributed by atoms with Crippen molar-refractivity contribution in [3.05, 3.63) is 95.3 Å². The SMILES string of the molecule is CCN1c2cc(F)c(C=C3C(=O)N(c4ccccc4)C(=O)N(c4ccccc4)C3=O)cc2C(C)CC1(C)C. The molecule has 1 fully saturated rings. The summed E-state index contributed by atoms with van der Waals surface area (Å²) in [6, 6.07) is 19.3. The van der Waals surface area contributed by atoms with Crippen LogP contribution < -0.4 is 14.7 Å². The lowest BCUT2D eigenvalue weighted by atomic mass is 9.79. The number of para-hydroxylation sites is 2. The van der Waals surface area contributed by atoms with Crippen LogP contribution in [0.3, 0.4) is 0 Å². The minimum atomic E-state index is -0.792. The minimum Gasteiger partial charge on any atom is -0.366 e. The Morgan fingerprint density at radius 3 is 1.92 bits per heavy atom. The minimum absolute atomic E-state index is 0.129. The van der Waals surface area contributed by atoms with Gasteiger partial charge in [0.2, 0.25) is 0 Å². The van der Waals surface area contributed by atoms with E-state index in [4.69, 9.17) is 0 Å². The standard InChI is InChI=1S/C31H30FN3O3/c1-5-33-27-18-26(32)21(16-24(27)20(2)19-31(33,3)4)17-25-28(36)34(22-12-8-6-9-13-22)30(38)35(29(25)37)23-14-10-7-11-15-23/h6-18,20H,5,19H2,1-4H3. The lowest BCUT2D eigenvalue weighted by Gasteiger charge is -2.47. The predicted octanol–water partition coefficient (Wildman–Crippen LogP) is 6.52. The summed E-state index contributed by atoms with van der Waals surface area (Å²) in [5.41, 5.74) is 2.15. The van der Waals surface area contributed by atoms with Gasteiger partial charge >= 0.3 is 6.03 Å². The second-order valence-corrected chi connectivity index (χ2v) is 10.4. The van der Waals surface area contributed by atoms with Crippen molar-refractivity contribution in [1.82, 2.24) is 0 Å². The number of anilines is 3. The molecule has 38 heavy (non-hydrogen) atoms. The number of fused-ring (bicyclic) bond motifs is 1. The van der Waals surface area contributed by atoms with E-state index >= 15 is 4.39 Å². The Labute approximate surface area is 222 Å². The largest absolute Gasteiger partial charge is 0.366 e. The molecule has 2 heterocycles. The molecule has 6 nitrogen and oxygen atoms in total. The van der Waals surface area contributed by atoms with E-state index in [9.17, 15) is 14.4 Å². The Morgan fingerprint density at radius 2 is 1.42 bits per heavy atom. The highest BCUT2D eigenvalue weighted by Crippen LogP contribution is 2.44. The number of carbonyl (C=O) groups excluding carboxylic acids is 3. The van der Waals surface area contributed by atoms with Gasteiger partial charge in [0.15, 0.2) is 0 Å². The topological polar surface area (TPSA) is 60.9 Å². The number of hydrogen-bond donors (Lipinski definition) is 0. The zero-order valence-electron chi connectivity index (χ0n) is 21.9. The van der Waals surface area contributed by atoms with Gasteiger partial charge in [0.25, 0.3) is 11.8 Å². The zero-order valence-corrected chi connectivity index (χ0v) is 21.9. The first-order valence-corrected chi connectivity index (χ1v) is 12.8. The summed E-state index contributed by atoms with van der Waals surface area (Å²) in [5, 5.41) is 0. The van der Waals surface area contributed by atoms with Crippen LogP contribution in [0.5, 0.6) is 0 Å². The van der Waals surface area contributed by atoms with Gasteiger partial charge in [-0.15, -0.1) is 0 Å².